The molecule has 1 rings (SSSR count). The number of nitrogens with two attached hydrogens (primary N) is 1. The van der Waals surface area contributed by atoms with Crippen LogP contribution in [0.15, 0.2) is 0 Å². The average molecular weight is 240 g/mol. The van der Waals surface area contributed by atoms with Gasteiger partial charge in [-0.2, -0.15) is 0 Å². The van der Waals surface area contributed by atoms with E-state index in [-0.39, 0.29) is 11.8 Å². The highest BCUT2D eigenvalue weighted by Crippen LogP contribution is 2.30. The van der Waals surface area contributed by atoms with Crippen molar-refractivity contribution in [3.8, 4) is 0 Å². The van der Waals surface area contributed by atoms with Crippen LogP contribution in [-0.2, 0) is 4.79 Å². The highest BCUT2D eigenvalue weighted by atomic mass is 16.1. The highest BCUT2D eigenvalue weighted by molar-refractivity contribution is 5.78. The molecule has 0 aromatic carbocycles. The summed E-state index contributed by atoms with van der Waals surface area (Å²) in [6.07, 6.45) is 9.15. The van der Waals surface area contributed by atoms with E-state index in [0.29, 0.717) is 0 Å². The van der Waals surface area contributed by atoms with E-state index in [1.807, 2.05) is 0 Å². The number of carbonyl (C=O) groups is 1. The van der Waals surface area contributed by atoms with Gasteiger partial charge < -0.3 is 11.1 Å². The predicted molar refractivity (Wildman–Crippen MR) is 71.7 cm³/mol. The van der Waals surface area contributed by atoms with Crippen LogP contribution >= 0.6 is 0 Å². The van der Waals surface area contributed by atoms with Crippen LogP contribution in [0.1, 0.15) is 58.3 Å². The van der Waals surface area contributed by atoms with Gasteiger partial charge in [0.05, 0.1) is 0 Å². The van der Waals surface area contributed by atoms with Crippen LogP contribution < -0.4 is 11.1 Å². The maximum absolute atomic E-state index is 11.9. The van der Waals surface area contributed by atoms with Crippen molar-refractivity contribution in [1.29, 1.82) is 0 Å². The number of amides is 1. The SMILES string of the molecule is CCCCCNC(=O)C1CCC(CCN)CC1. The van der Waals surface area contributed by atoms with Crippen molar-refractivity contribution >= 4 is 5.91 Å². The molecule has 17 heavy (non-hydrogen) atoms. The summed E-state index contributed by atoms with van der Waals surface area (Å²) in [4.78, 5) is 11.9. The molecule has 0 radical (unpaired) electrons. The van der Waals surface area contributed by atoms with Gasteiger partial charge >= 0.3 is 0 Å². The molecule has 0 aromatic heterocycles. The first-order valence-electron chi connectivity index (χ1n) is 7.25. The Balaban J connectivity index is 2.12. The van der Waals surface area contributed by atoms with Crippen LogP contribution in [-0.4, -0.2) is 19.0 Å². The average Bonchev–Trinajstić information content (AvgIpc) is 2.36. The van der Waals surface area contributed by atoms with Crippen LogP contribution in [0.2, 0.25) is 0 Å². The first-order chi connectivity index (χ1) is 8.27. The van der Waals surface area contributed by atoms with Gasteiger partial charge in [-0.25, -0.2) is 0 Å². The van der Waals surface area contributed by atoms with E-state index in [1.54, 1.807) is 0 Å². The smallest absolute Gasteiger partial charge is 0.223 e. The Morgan fingerprint density at radius 2 is 1.94 bits per heavy atom. The lowest BCUT2D eigenvalue weighted by atomic mass is 9.80. The fraction of sp³-hybridized carbons (Fsp3) is 0.929. The monoisotopic (exact) mass is 240 g/mol. The van der Waals surface area contributed by atoms with Gasteiger partial charge in [0.1, 0.15) is 0 Å². The molecule has 0 unspecified atom stereocenters. The van der Waals surface area contributed by atoms with Crippen LogP contribution in [0, 0.1) is 11.8 Å². The number of hydrogen-bond acceptors (Lipinski definition) is 2. The Morgan fingerprint density at radius 1 is 1.24 bits per heavy atom. The summed E-state index contributed by atoms with van der Waals surface area (Å²) in [7, 11) is 0. The van der Waals surface area contributed by atoms with Crippen LogP contribution in [0.25, 0.3) is 0 Å². The molecule has 100 valence electrons. The van der Waals surface area contributed by atoms with Crippen molar-refractivity contribution in [3.63, 3.8) is 0 Å². The lowest BCUT2D eigenvalue weighted by molar-refractivity contribution is -0.126. The van der Waals surface area contributed by atoms with Gasteiger partial charge in [-0.3, -0.25) is 4.79 Å². The van der Waals surface area contributed by atoms with Crippen molar-refractivity contribution in [2.75, 3.05) is 13.1 Å². The zero-order valence-electron chi connectivity index (χ0n) is 11.2. The van der Waals surface area contributed by atoms with Crippen molar-refractivity contribution in [1.82, 2.24) is 5.32 Å². The number of rotatable bonds is 7. The van der Waals surface area contributed by atoms with Crippen molar-refractivity contribution in [3.05, 3.63) is 0 Å². The minimum Gasteiger partial charge on any atom is -0.356 e. The number of nitrogens with one attached hydrogen (secondary N) is 1. The Hall–Kier alpha value is -0.570. The number of hydrogen-bond donors (Lipinski definition) is 2. The molecular weight excluding hydrogens is 212 g/mol. The topological polar surface area (TPSA) is 55.1 Å². The molecule has 0 aliphatic heterocycles. The third kappa shape index (κ3) is 5.53. The van der Waals surface area contributed by atoms with Gasteiger partial charge in [-0.15, -0.1) is 0 Å². The second-order valence-electron chi connectivity index (χ2n) is 5.29. The molecule has 0 saturated heterocycles. The fourth-order valence-electron chi connectivity index (χ4n) is 2.68. The molecule has 0 bridgehead atoms. The first-order valence-corrected chi connectivity index (χ1v) is 7.25. The van der Waals surface area contributed by atoms with Crippen LogP contribution in [0.4, 0.5) is 0 Å². The van der Waals surface area contributed by atoms with Crippen LogP contribution in [0.5, 0.6) is 0 Å². The van der Waals surface area contributed by atoms with Gasteiger partial charge in [0.15, 0.2) is 0 Å². The Morgan fingerprint density at radius 3 is 2.53 bits per heavy atom. The third-order valence-corrected chi connectivity index (χ3v) is 3.87. The standard InChI is InChI=1S/C14H28N2O/c1-2-3-4-11-16-14(17)13-7-5-12(6-8-13)9-10-15/h12-13H,2-11,15H2,1H3,(H,16,17). The summed E-state index contributed by atoms with van der Waals surface area (Å²) in [6.45, 7) is 3.83. The third-order valence-electron chi connectivity index (χ3n) is 3.87. The molecular formula is C14H28N2O. The fourth-order valence-corrected chi connectivity index (χ4v) is 2.68. The number of unbranched alkanes of at least 4 members (excludes halogenated alkanes) is 2. The molecule has 1 fully saturated rings. The van der Waals surface area contributed by atoms with Gasteiger partial charge in [-0.1, -0.05) is 19.8 Å². The Labute approximate surface area is 106 Å². The van der Waals surface area contributed by atoms with Gasteiger partial charge in [-0.05, 0) is 51.0 Å². The van der Waals surface area contributed by atoms with Crippen molar-refractivity contribution in [2.24, 2.45) is 17.6 Å². The Kier molecular flexibility index (Phi) is 7.25. The largest absolute Gasteiger partial charge is 0.356 e. The van der Waals surface area contributed by atoms with Gasteiger partial charge in [0.2, 0.25) is 5.91 Å². The molecule has 0 atom stereocenters. The normalized spacial score (nSPS) is 24.6. The molecule has 1 aliphatic rings. The maximum atomic E-state index is 11.9. The molecule has 0 aromatic rings. The molecule has 3 nitrogen and oxygen atoms in total. The number of carbonyl (C=O) groups excluding carboxylic acids is 1. The predicted octanol–water partition coefficient (Wildman–Crippen LogP) is 2.45. The van der Waals surface area contributed by atoms with E-state index >= 15 is 0 Å². The molecule has 0 heterocycles. The maximum Gasteiger partial charge on any atom is 0.223 e. The van der Waals surface area contributed by atoms with Crippen LogP contribution in [0.3, 0.4) is 0 Å². The summed E-state index contributed by atoms with van der Waals surface area (Å²) >= 11 is 0. The Bertz CT molecular complexity index is 210. The van der Waals surface area contributed by atoms with E-state index in [0.717, 1.165) is 44.7 Å². The first kappa shape index (κ1) is 14.5. The summed E-state index contributed by atoms with van der Waals surface area (Å²) in [5.41, 5.74) is 5.57. The minimum absolute atomic E-state index is 0.269. The second-order valence-corrected chi connectivity index (χ2v) is 5.29. The molecule has 3 N–H and O–H groups in total. The van der Waals surface area contributed by atoms with E-state index < -0.39 is 0 Å². The summed E-state index contributed by atoms with van der Waals surface area (Å²) < 4.78 is 0. The second kappa shape index (κ2) is 8.51. The van der Waals surface area contributed by atoms with Gasteiger partial charge in [0.25, 0.3) is 0 Å². The minimum atomic E-state index is 0.269. The van der Waals surface area contributed by atoms with E-state index in [9.17, 15) is 4.79 Å². The van der Waals surface area contributed by atoms with Crippen molar-refractivity contribution < 1.29 is 4.79 Å². The molecule has 0 spiro atoms. The highest BCUT2D eigenvalue weighted by Gasteiger charge is 2.25. The quantitative estimate of drug-likeness (QED) is 0.672. The molecule has 1 saturated carbocycles. The molecule has 1 amide bonds. The van der Waals surface area contributed by atoms with E-state index in [1.165, 1.54) is 25.7 Å². The zero-order chi connectivity index (χ0) is 12.5. The van der Waals surface area contributed by atoms with Gasteiger partial charge in [0, 0.05) is 12.5 Å². The van der Waals surface area contributed by atoms with E-state index in [4.69, 9.17) is 5.73 Å². The lowest BCUT2D eigenvalue weighted by Gasteiger charge is -2.27. The molecule has 3 heteroatoms. The summed E-state index contributed by atoms with van der Waals surface area (Å²) in [5.74, 6) is 1.32. The molecule has 1 aliphatic carbocycles. The summed E-state index contributed by atoms with van der Waals surface area (Å²) in [6, 6.07) is 0. The zero-order valence-corrected chi connectivity index (χ0v) is 11.2. The lowest BCUT2D eigenvalue weighted by Crippen LogP contribution is -2.34. The van der Waals surface area contributed by atoms with E-state index in [2.05, 4.69) is 12.2 Å². The van der Waals surface area contributed by atoms with Crippen molar-refractivity contribution in [2.45, 2.75) is 58.3 Å². The summed E-state index contributed by atoms with van der Waals surface area (Å²) in [5, 5.41) is 3.07.